The SMILES string of the molecule is COC(=O)c1ccc(-c2nc(Cl)ncc2CCC(C)(C)OC(=O)N2CCCC(n3cc(N)cn3)C2)cc1. The van der Waals surface area contributed by atoms with Crippen molar-refractivity contribution in [1.29, 1.82) is 0 Å². The Morgan fingerprint density at radius 1 is 1.22 bits per heavy atom. The lowest BCUT2D eigenvalue weighted by molar-refractivity contribution is 0.00187. The number of hydrogen-bond acceptors (Lipinski definition) is 8. The molecular weight excluding hydrogens is 496 g/mol. The lowest BCUT2D eigenvalue weighted by atomic mass is 9.96. The molecule has 1 aromatic carbocycles. The minimum Gasteiger partial charge on any atom is -0.465 e. The normalized spacial score (nSPS) is 15.9. The number of esters is 1. The van der Waals surface area contributed by atoms with Gasteiger partial charge in [0.15, 0.2) is 0 Å². The number of benzene rings is 1. The van der Waals surface area contributed by atoms with Crippen molar-refractivity contribution in [3.05, 3.63) is 59.3 Å². The molecule has 10 nitrogen and oxygen atoms in total. The van der Waals surface area contributed by atoms with E-state index in [9.17, 15) is 9.59 Å². The van der Waals surface area contributed by atoms with Gasteiger partial charge in [0, 0.05) is 31.0 Å². The van der Waals surface area contributed by atoms with Crippen LogP contribution in [0.4, 0.5) is 10.5 Å². The van der Waals surface area contributed by atoms with Gasteiger partial charge in [0.2, 0.25) is 5.28 Å². The number of nitrogens with two attached hydrogens (primary N) is 1. The highest BCUT2D eigenvalue weighted by atomic mass is 35.5. The van der Waals surface area contributed by atoms with E-state index in [1.54, 1.807) is 47.8 Å². The molecular formula is C26H31ClN6O4. The Balaban J connectivity index is 1.41. The number of aromatic nitrogens is 4. The Kier molecular flexibility index (Phi) is 7.97. The number of nitrogens with zero attached hydrogens (tertiary/aromatic N) is 5. The molecule has 0 aliphatic carbocycles. The molecule has 196 valence electrons. The zero-order valence-corrected chi connectivity index (χ0v) is 21.9. The summed E-state index contributed by atoms with van der Waals surface area (Å²) in [6.07, 6.45) is 7.63. The summed E-state index contributed by atoms with van der Waals surface area (Å²) in [5.41, 5.74) is 8.43. The van der Waals surface area contributed by atoms with Gasteiger partial charge in [-0.15, -0.1) is 0 Å². The number of piperidine rings is 1. The summed E-state index contributed by atoms with van der Waals surface area (Å²) in [6, 6.07) is 7.01. The predicted octanol–water partition coefficient (Wildman–Crippen LogP) is 4.55. The largest absolute Gasteiger partial charge is 0.465 e. The molecule has 1 fully saturated rings. The Labute approximate surface area is 220 Å². The number of carbonyl (C=O) groups excluding carboxylic acids is 2. The molecule has 0 saturated carbocycles. The van der Waals surface area contributed by atoms with Crippen molar-refractivity contribution in [1.82, 2.24) is 24.6 Å². The van der Waals surface area contributed by atoms with Gasteiger partial charge in [0.25, 0.3) is 0 Å². The Morgan fingerprint density at radius 3 is 2.65 bits per heavy atom. The van der Waals surface area contributed by atoms with E-state index in [0.29, 0.717) is 42.9 Å². The maximum absolute atomic E-state index is 13.0. The second kappa shape index (κ2) is 11.2. The van der Waals surface area contributed by atoms with E-state index >= 15 is 0 Å². The minimum atomic E-state index is -0.730. The Hall–Kier alpha value is -3.66. The van der Waals surface area contributed by atoms with Gasteiger partial charge in [-0.2, -0.15) is 5.10 Å². The van der Waals surface area contributed by atoms with Crippen LogP contribution in [-0.2, 0) is 15.9 Å². The summed E-state index contributed by atoms with van der Waals surface area (Å²) >= 11 is 6.09. The number of nitrogen functional groups attached to an aromatic ring is 1. The second-order valence-corrected chi connectivity index (χ2v) is 10.0. The summed E-state index contributed by atoms with van der Waals surface area (Å²) < 4.78 is 12.5. The number of hydrogen-bond donors (Lipinski definition) is 1. The van der Waals surface area contributed by atoms with Crippen molar-refractivity contribution in [2.24, 2.45) is 0 Å². The molecule has 1 amide bonds. The summed E-state index contributed by atoms with van der Waals surface area (Å²) in [5.74, 6) is -0.412. The van der Waals surface area contributed by atoms with E-state index in [1.165, 1.54) is 7.11 Å². The molecule has 11 heteroatoms. The molecule has 1 aliphatic heterocycles. The quantitative estimate of drug-likeness (QED) is 0.351. The van der Waals surface area contributed by atoms with Crippen LogP contribution in [-0.4, -0.2) is 62.5 Å². The van der Waals surface area contributed by atoms with Crippen molar-refractivity contribution in [3.8, 4) is 11.3 Å². The van der Waals surface area contributed by atoms with Crippen LogP contribution in [0.5, 0.6) is 0 Å². The lowest BCUT2D eigenvalue weighted by Gasteiger charge is -2.35. The number of anilines is 1. The van der Waals surface area contributed by atoms with Crippen LogP contribution < -0.4 is 5.73 Å². The van der Waals surface area contributed by atoms with Gasteiger partial charge in [0.05, 0.1) is 36.3 Å². The number of amides is 1. The van der Waals surface area contributed by atoms with E-state index in [4.69, 9.17) is 26.8 Å². The zero-order valence-electron chi connectivity index (χ0n) is 21.2. The third-order valence-corrected chi connectivity index (χ3v) is 6.61. The molecule has 3 heterocycles. The van der Waals surface area contributed by atoms with Gasteiger partial charge in [0.1, 0.15) is 5.60 Å². The molecule has 1 aliphatic rings. The van der Waals surface area contributed by atoms with Gasteiger partial charge in [-0.05, 0) is 68.8 Å². The summed E-state index contributed by atoms with van der Waals surface area (Å²) in [5, 5.41) is 4.42. The van der Waals surface area contributed by atoms with E-state index in [-0.39, 0.29) is 17.4 Å². The highest BCUT2D eigenvalue weighted by Crippen LogP contribution is 2.28. The fourth-order valence-electron chi connectivity index (χ4n) is 4.38. The molecule has 0 bridgehead atoms. The molecule has 4 rings (SSSR count). The molecule has 1 unspecified atom stereocenters. The molecule has 3 aromatic rings. The highest BCUT2D eigenvalue weighted by Gasteiger charge is 2.31. The lowest BCUT2D eigenvalue weighted by Crippen LogP contribution is -2.44. The van der Waals surface area contributed by atoms with Crippen LogP contribution >= 0.6 is 11.6 Å². The van der Waals surface area contributed by atoms with Crippen molar-refractivity contribution in [2.75, 3.05) is 25.9 Å². The number of ether oxygens (including phenoxy) is 2. The second-order valence-electron chi connectivity index (χ2n) is 9.71. The van der Waals surface area contributed by atoms with Crippen LogP contribution in [0.2, 0.25) is 5.28 Å². The molecule has 1 atom stereocenters. The number of methoxy groups -OCH3 is 1. The molecule has 0 spiro atoms. The first-order chi connectivity index (χ1) is 17.6. The average molecular weight is 527 g/mol. The molecule has 2 N–H and O–H groups in total. The Morgan fingerprint density at radius 2 is 1.97 bits per heavy atom. The maximum Gasteiger partial charge on any atom is 0.410 e. The van der Waals surface area contributed by atoms with Crippen LogP contribution in [0.15, 0.2) is 42.9 Å². The van der Waals surface area contributed by atoms with Crippen molar-refractivity contribution in [2.45, 2.75) is 51.2 Å². The fourth-order valence-corrected chi connectivity index (χ4v) is 4.51. The zero-order chi connectivity index (χ0) is 26.6. The van der Waals surface area contributed by atoms with E-state index < -0.39 is 11.6 Å². The van der Waals surface area contributed by atoms with E-state index in [1.807, 2.05) is 18.5 Å². The van der Waals surface area contributed by atoms with Gasteiger partial charge < -0.3 is 20.1 Å². The first-order valence-corrected chi connectivity index (χ1v) is 12.5. The smallest absolute Gasteiger partial charge is 0.410 e. The molecule has 37 heavy (non-hydrogen) atoms. The van der Waals surface area contributed by atoms with Crippen LogP contribution in [0.25, 0.3) is 11.3 Å². The summed E-state index contributed by atoms with van der Waals surface area (Å²) in [6.45, 7) is 4.94. The van der Waals surface area contributed by atoms with Crippen molar-refractivity contribution < 1.29 is 19.1 Å². The number of halogens is 1. The minimum absolute atomic E-state index is 0.0704. The Bertz CT molecular complexity index is 1260. The molecule has 1 saturated heterocycles. The molecule has 0 radical (unpaired) electrons. The standard InChI is InChI=1S/C26H31ClN6O4/c1-26(2,37-25(35)32-12-4-5-21(16-32)33-15-20(28)14-30-33)11-10-19-13-29-24(27)31-22(19)17-6-8-18(9-7-17)23(34)36-3/h6-9,13-15,21H,4-5,10-12,16,28H2,1-3H3. The molecule has 2 aromatic heterocycles. The number of rotatable bonds is 7. The van der Waals surface area contributed by atoms with Crippen LogP contribution in [0, 0.1) is 0 Å². The third kappa shape index (κ3) is 6.56. The summed E-state index contributed by atoms with van der Waals surface area (Å²) in [4.78, 5) is 35.1. The average Bonchev–Trinajstić information content (AvgIpc) is 3.33. The van der Waals surface area contributed by atoms with Crippen LogP contribution in [0.1, 0.15) is 55.1 Å². The first-order valence-electron chi connectivity index (χ1n) is 12.1. The van der Waals surface area contributed by atoms with E-state index in [0.717, 1.165) is 24.0 Å². The van der Waals surface area contributed by atoms with Gasteiger partial charge in [-0.25, -0.2) is 19.6 Å². The number of carbonyl (C=O) groups is 2. The van der Waals surface area contributed by atoms with Crippen molar-refractivity contribution >= 4 is 29.4 Å². The summed E-state index contributed by atoms with van der Waals surface area (Å²) in [7, 11) is 1.34. The monoisotopic (exact) mass is 526 g/mol. The fraction of sp³-hybridized carbons (Fsp3) is 0.423. The van der Waals surface area contributed by atoms with E-state index in [2.05, 4.69) is 15.1 Å². The first kappa shape index (κ1) is 26.4. The maximum atomic E-state index is 13.0. The third-order valence-electron chi connectivity index (χ3n) is 6.42. The predicted molar refractivity (Wildman–Crippen MR) is 139 cm³/mol. The highest BCUT2D eigenvalue weighted by molar-refractivity contribution is 6.28. The van der Waals surface area contributed by atoms with Gasteiger partial charge in [-0.3, -0.25) is 4.68 Å². The van der Waals surface area contributed by atoms with Gasteiger partial charge >= 0.3 is 12.1 Å². The topological polar surface area (TPSA) is 125 Å². The van der Waals surface area contributed by atoms with Crippen molar-refractivity contribution in [3.63, 3.8) is 0 Å². The number of aryl methyl sites for hydroxylation is 1. The van der Waals surface area contributed by atoms with Crippen LogP contribution in [0.3, 0.4) is 0 Å². The number of likely N-dealkylation sites (tertiary alicyclic amines) is 1. The van der Waals surface area contributed by atoms with Gasteiger partial charge in [-0.1, -0.05) is 12.1 Å².